The standard InChI is InChI=1S/C18H18ClNO2S/c1-13(22-16-8-3-2-4-9-16)17(21)20-10-11-23-18(20)14-6-5-7-15(19)12-14/h2-9,12-13,18H,10-11H2,1H3. The molecular formula is C18H18ClNO2S. The molecule has 1 aliphatic rings. The van der Waals surface area contributed by atoms with Crippen LogP contribution < -0.4 is 4.74 Å². The molecule has 2 aromatic carbocycles. The van der Waals surface area contributed by atoms with Crippen LogP contribution in [0, 0.1) is 0 Å². The van der Waals surface area contributed by atoms with Crippen LogP contribution in [0.3, 0.4) is 0 Å². The Balaban J connectivity index is 1.73. The van der Waals surface area contributed by atoms with Crippen molar-refractivity contribution in [2.45, 2.75) is 18.4 Å². The van der Waals surface area contributed by atoms with Crippen molar-refractivity contribution in [2.75, 3.05) is 12.3 Å². The number of ether oxygens (including phenoxy) is 1. The van der Waals surface area contributed by atoms with Gasteiger partial charge in [-0.05, 0) is 36.8 Å². The molecule has 120 valence electrons. The summed E-state index contributed by atoms with van der Waals surface area (Å²) in [6.45, 7) is 2.52. The van der Waals surface area contributed by atoms with Crippen LogP contribution in [0.2, 0.25) is 5.02 Å². The zero-order valence-corrected chi connectivity index (χ0v) is 14.4. The van der Waals surface area contributed by atoms with Gasteiger partial charge in [-0.1, -0.05) is 41.9 Å². The molecule has 0 saturated carbocycles. The third kappa shape index (κ3) is 3.82. The second kappa shape index (κ2) is 7.28. The Morgan fingerprint density at radius 2 is 2.04 bits per heavy atom. The molecule has 0 N–H and O–H groups in total. The first-order chi connectivity index (χ1) is 11.1. The summed E-state index contributed by atoms with van der Waals surface area (Å²) < 4.78 is 5.77. The van der Waals surface area contributed by atoms with Gasteiger partial charge in [-0.3, -0.25) is 4.79 Å². The summed E-state index contributed by atoms with van der Waals surface area (Å²) >= 11 is 7.84. The number of rotatable bonds is 4. The number of benzene rings is 2. The Kier molecular flexibility index (Phi) is 5.13. The minimum absolute atomic E-state index is 0.00280. The van der Waals surface area contributed by atoms with Gasteiger partial charge in [0.05, 0.1) is 0 Å². The van der Waals surface area contributed by atoms with E-state index in [1.807, 2.05) is 59.5 Å². The maximum absolute atomic E-state index is 12.8. The number of para-hydroxylation sites is 1. The first-order valence-corrected chi connectivity index (χ1v) is 8.97. The Labute approximate surface area is 145 Å². The van der Waals surface area contributed by atoms with Gasteiger partial charge in [0.15, 0.2) is 6.10 Å². The van der Waals surface area contributed by atoms with Gasteiger partial charge in [0, 0.05) is 17.3 Å². The van der Waals surface area contributed by atoms with Crippen molar-refractivity contribution in [3.63, 3.8) is 0 Å². The van der Waals surface area contributed by atoms with Gasteiger partial charge >= 0.3 is 0 Å². The zero-order chi connectivity index (χ0) is 16.2. The van der Waals surface area contributed by atoms with Crippen LogP contribution in [0.5, 0.6) is 5.75 Å². The molecule has 1 heterocycles. The molecule has 0 spiro atoms. The molecule has 2 aromatic rings. The van der Waals surface area contributed by atoms with Gasteiger partial charge in [-0.25, -0.2) is 0 Å². The van der Waals surface area contributed by atoms with E-state index in [-0.39, 0.29) is 11.3 Å². The molecule has 1 aliphatic heterocycles. The second-order valence-electron chi connectivity index (χ2n) is 5.38. The molecular weight excluding hydrogens is 330 g/mol. The van der Waals surface area contributed by atoms with E-state index < -0.39 is 6.10 Å². The monoisotopic (exact) mass is 347 g/mol. The molecule has 1 amide bonds. The van der Waals surface area contributed by atoms with Crippen LogP contribution in [0.25, 0.3) is 0 Å². The van der Waals surface area contributed by atoms with Crippen LogP contribution in [0.15, 0.2) is 54.6 Å². The Morgan fingerprint density at radius 1 is 1.26 bits per heavy atom. The van der Waals surface area contributed by atoms with Crippen molar-refractivity contribution in [2.24, 2.45) is 0 Å². The number of hydrogen-bond donors (Lipinski definition) is 0. The highest BCUT2D eigenvalue weighted by molar-refractivity contribution is 7.99. The molecule has 2 atom stereocenters. The summed E-state index contributed by atoms with van der Waals surface area (Å²) in [7, 11) is 0. The highest BCUT2D eigenvalue weighted by Crippen LogP contribution is 2.39. The third-order valence-corrected chi connectivity index (χ3v) is 5.21. The van der Waals surface area contributed by atoms with Crippen LogP contribution in [0.4, 0.5) is 0 Å². The summed E-state index contributed by atoms with van der Waals surface area (Å²) in [6, 6.07) is 17.1. The average Bonchev–Trinajstić information content (AvgIpc) is 3.04. The fourth-order valence-corrected chi connectivity index (χ4v) is 4.07. The van der Waals surface area contributed by atoms with E-state index >= 15 is 0 Å². The number of amides is 1. The molecule has 0 bridgehead atoms. The molecule has 0 aromatic heterocycles. The number of hydrogen-bond acceptors (Lipinski definition) is 3. The Bertz CT molecular complexity index is 680. The maximum Gasteiger partial charge on any atom is 0.264 e. The van der Waals surface area contributed by atoms with E-state index in [0.29, 0.717) is 10.8 Å². The number of nitrogens with zero attached hydrogens (tertiary/aromatic N) is 1. The van der Waals surface area contributed by atoms with E-state index in [0.717, 1.165) is 17.9 Å². The molecule has 3 rings (SSSR count). The molecule has 5 heteroatoms. The predicted molar refractivity (Wildman–Crippen MR) is 94.9 cm³/mol. The van der Waals surface area contributed by atoms with E-state index in [1.165, 1.54) is 0 Å². The number of carbonyl (C=O) groups is 1. The highest BCUT2D eigenvalue weighted by Gasteiger charge is 2.33. The van der Waals surface area contributed by atoms with Gasteiger partial charge in [-0.2, -0.15) is 0 Å². The van der Waals surface area contributed by atoms with Gasteiger partial charge in [0.1, 0.15) is 11.1 Å². The van der Waals surface area contributed by atoms with Gasteiger partial charge in [0.2, 0.25) is 0 Å². The molecule has 1 saturated heterocycles. The van der Waals surface area contributed by atoms with Crippen LogP contribution in [-0.4, -0.2) is 29.2 Å². The fraction of sp³-hybridized carbons (Fsp3) is 0.278. The number of carbonyl (C=O) groups excluding carboxylic acids is 1. The van der Waals surface area contributed by atoms with Crippen molar-refractivity contribution < 1.29 is 9.53 Å². The lowest BCUT2D eigenvalue weighted by molar-refractivity contribution is -0.138. The summed E-state index contributed by atoms with van der Waals surface area (Å²) in [6.07, 6.45) is -0.516. The molecule has 2 unspecified atom stereocenters. The lowest BCUT2D eigenvalue weighted by Gasteiger charge is -2.27. The maximum atomic E-state index is 12.8. The van der Waals surface area contributed by atoms with Crippen molar-refractivity contribution >= 4 is 29.3 Å². The minimum atomic E-state index is -0.516. The minimum Gasteiger partial charge on any atom is -0.481 e. The van der Waals surface area contributed by atoms with Gasteiger partial charge in [0.25, 0.3) is 5.91 Å². The smallest absolute Gasteiger partial charge is 0.264 e. The first kappa shape index (κ1) is 16.2. The van der Waals surface area contributed by atoms with E-state index in [2.05, 4.69) is 0 Å². The highest BCUT2D eigenvalue weighted by atomic mass is 35.5. The quantitative estimate of drug-likeness (QED) is 0.822. The van der Waals surface area contributed by atoms with Gasteiger partial charge in [-0.15, -0.1) is 11.8 Å². The van der Waals surface area contributed by atoms with E-state index in [9.17, 15) is 4.79 Å². The van der Waals surface area contributed by atoms with Crippen molar-refractivity contribution in [1.29, 1.82) is 0 Å². The van der Waals surface area contributed by atoms with E-state index in [4.69, 9.17) is 16.3 Å². The Morgan fingerprint density at radius 3 is 2.78 bits per heavy atom. The van der Waals surface area contributed by atoms with Crippen LogP contribution in [0.1, 0.15) is 17.9 Å². The topological polar surface area (TPSA) is 29.5 Å². The second-order valence-corrected chi connectivity index (χ2v) is 7.01. The summed E-state index contributed by atoms with van der Waals surface area (Å²) in [5, 5.41) is 0.694. The predicted octanol–water partition coefficient (Wildman–Crippen LogP) is 4.38. The molecule has 1 fully saturated rings. The first-order valence-electron chi connectivity index (χ1n) is 7.54. The van der Waals surface area contributed by atoms with Gasteiger partial charge < -0.3 is 9.64 Å². The van der Waals surface area contributed by atoms with Crippen LogP contribution >= 0.6 is 23.4 Å². The lowest BCUT2D eigenvalue weighted by Crippen LogP contribution is -2.40. The molecule has 3 nitrogen and oxygen atoms in total. The SMILES string of the molecule is CC(Oc1ccccc1)C(=O)N1CCSC1c1cccc(Cl)c1. The molecule has 23 heavy (non-hydrogen) atoms. The summed E-state index contributed by atoms with van der Waals surface area (Å²) in [5.74, 6) is 1.63. The molecule has 0 radical (unpaired) electrons. The lowest BCUT2D eigenvalue weighted by atomic mass is 10.2. The number of thioether (sulfide) groups is 1. The third-order valence-electron chi connectivity index (χ3n) is 3.71. The zero-order valence-electron chi connectivity index (χ0n) is 12.8. The largest absolute Gasteiger partial charge is 0.481 e. The summed E-state index contributed by atoms with van der Waals surface area (Å²) in [4.78, 5) is 14.7. The molecule has 0 aliphatic carbocycles. The Hall–Kier alpha value is -1.65. The van der Waals surface area contributed by atoms with Crippen molar-refractivity contribution in [3.05, 3.63) is 65.2 Å². The number of halogens is 1. The van der Waals surface area contributed by atoms with Crippen LogP contribution in [-0.2, 0) is 4.79 Å². The average molecular weight is 348 g/mol. The van der Waals surface area contributed by atoms with E-state index in [1.54, 1.807) is 18.7 Å². The van der Waals surface area contributed by atoms with Crippen molar-refractivity contribution in [1.82, 2.24) is 4.90 Å². The normalized spacial score (nSPS) is 18.7. The van der Waals surface area contributed by atoms with Crippen molar-refractivity contribution in [3.8, 4) is 5.75 Å². The summed E-state index contributed by atoms with van der Waals surface area (Å²) in [5.41, 5.74) is 1.06. The fourth-order valence-electron chi connectivity index (χ4n) is 2.62.